The van der Waals surface area contributed by atoms with E-state index in [2.05, 4.69) is 0 Å². The molecule has 1 aliphatic rings. The van der Waals surface area contributed by atoms with E-state index in [1.807, 2.05) is 60.7 Å². The quantitative estimate of drug-likeness (QED) is 0.738. The maximum atomic E-state index is 11.7. The lowest BCUT2D eigenvalue weighted by Crippen LogP contribution is -1.97. The standard InChI is InChI=1S/C19H18O2/c20-18(16-10-11-16)13-12-17-8-4-5-9-19(17)21-14-15-6-2-1-3-7-15/h1-9,12-13,16H,10-11,14H2/b13-12+. The average molecular weight is 278 g/mol. The van der Waals surface area contributed by atoms with Crippen molar-refractivity contribution in [2.75, 3.05) is 0 Å². The number of hydrogen-bond donors (Lipinski definition) is 0. The molecule has 0 saturated heterocycles. The SMILES string of the molecule is O=C(/C=C/c1ccccc1OCc1ccccc1)C1CC1. The van der Waals surface area contributed by atoms with Crippen molar-refractivity contribution in [1.82, 2.24) is 0 Å². The molecule has 0 heterocycles. The van der Waals surface area contributed by atoms with Gasteiger partial charge in [-0.25, -0.2) is 0 Å². The Hall–Kier alpha value is -2.35. The van der Waals surface area contributed by atoms with Crippen LogP contribution in [0.4, 0.5) is 0 Å². The predicted molar refractivity (Wildman–Crippen MR) is 84.0 cm³/mol. The molecule has 2 heteroatoms. The molecule has 2 nitrogen and oxygen atoms in total. The third-order valence-corrected chi connectivity index (χ3v) is 3.56. The van der Waals surface area contributed by atoms with Gasteiger partial charge in [0.15, 0.2) is 5.78 Å². The van der Waals surface area contributed by atoms with Gasteiger partial charge < -0.3 is 4.74 Å². The number of rotatable bonds is 6. The highest BCUT2D eigenvalue weighted by Gasteiger charge is 2.27. The van der Waals surface area contributed by atoms with E-state index < -0.39 is 0 Å². The Balaban J connectivity index is 1.68. The van der Waals surface area contributed by atoms with Gasteiger partial charge in [0.1, 0.15) is 12.4 Å². The first-order valence-electron chi connectivity index (χ1n) is 7.30. The minimum absolute atomic E-state index is 0.230. The van der Waals surface area contributed by atoms with Crippen molar-refractivity contribution in [1.29, 1.82) is 0 Å². The molecule has 0 spiro atoms. The van der Waals surface area contributed by atoms with Crippen LogP contribution in [-0.4, -0.2) is 5.78 Å². The summed E-state index contributed by atoms with van der Waals surface area (Å²) in [5.41, 5.74) is 2.08. The van der Waals surface area contributed by atoms with Crippen molar-refractivity contribution in [2.45, 2.75) is 19.4 Å². The summed E-state index contributed by atoms with van der Waals surface area (Å²) in [6.45, 7) is 0.530. The summed E-state index contributed by atoms with van der Waals surface area (Å²) in [5.74, 6) is 1.30. The Labute approximate surface area is 125 Å². The first-order valence-corrected chi connectivity index (χ1v) is 7.30. The third-order valence-electron chi connectivity index (χ3n) is 3.56. The number of benzene rings is 2. The van der Waals surface area contributed by atoms with E-state index in [9.17, 15) is 4.79 Å². The first-order chi connectivity index (χ1) is 10.3. The molecule has 3 rings (SSSR count). The Morgan fingerprint density at radius 3 is 2.52 bits per heavy atom. The van der Waals surface area contributed by atoms with Gasteiger partial charge in [0.25, 0.3) is 0 Å². The fourth-order valence-corrected chi connectivity index (χ4v) is 2.16. The van der Waals surface area contributed by atoms with E-state index in [0.717, 1.165) is 29.7 Å². The van der Waals surface area contributed by atoms with Gasteiger partial charge >= 0.3 is 0 Å². The first kappa shape index (κ1) is 13.6. The molecule has 2 aromatic carbocycles. The van der Waals surface area contributed by atoms with E-state index >= 15 is 0 Å². The Kier molecular flexibility index (Phi) is 4.15. The summed E-state index contributed by atoms with van der Waals surface area (Å²) in [4.78, 5) is 11.7. The Morgan fingerprint density at radius 2 is 1.76 bits per heavy atom. The zero-order valence-electron chi connectivity index (χ0n) is 11.9. The molecule has 1 aliphatic carbocycles. The smallest absolute Gasteiger partial charge is 0.158 e. The highest BCUT2D eigenvalue weighted by molar-refractivity contribution is 5.97. The van der Waals surface area contributed by atoms with Crippen LogP contribution in [0.5, 0.6) is 5.75 Å². The molecule has 1 fully saturated rings. The summed E-state index contributed by atoms with van der Waals surface area (Å²) < 4.78 is 5.87. The monoisotopic (exact) mass is 278 g/mol. The number of hydrogen-bond acceptors (Lipinski definition) is 2. The minimum atomic E-state index is 0.230. The molecule has 2 aromatic rings. The van der Waals surface area contributed by atoms with Crippen LogP contribution in [0.2, 0.25) is 0 Å². The highest BCUT2D eigenvalue weighted by Crippen LogP contribution is 2.30. The van der Waals surface area contributed by atoms with Crippen molar-refractivity contribution >= 4 is 11.9 Å². The van der Waals surface area contributed by atoms with Gasteiger partial charge in [-0.05, 0) is 36.6 Å². The predicted octanol–water partition coefficient (Wildman–Crippen LogP) is 4.26. The lowest BCUT2D eigenvalue weighted by Gasteiger charge is -2.09. The Morgan fingerprint density at radius 1 is 1.05 bits per heavy atom. The molecule has 0 aromatic heterocycles. The third kappa shape index (κ3) is 3.82. The normalized spacial score (nSPS) is 14.3. The molecule has 0 bridgehead atoms. The lowest BCUT2D eigenvalue weighted by atomic mass is 10.1. The number of ether oxygens (including phenoxy) is 1. The van der Waals surface area contributed by atoms with Crippen LogP contribution in [0.1, 0.15) is 24.0 Å². The van der Waals surface area contributed by atoms with Gasteiger partial charge in [-0.1, -0.05) is 48.5 Å². The Bertz CT molecular complexity index is 640. The second-order valence-electron chi connectivity index (χ2n) is 5.32. The second kappa shape index (κ2) is 6.40. The number of carbonyl (C=O) groups is 1. The summed E-state index contributed by atoms with van der Waals surface area (Å²) in [7, 11) is 0. The zero-order chi connectivity index (χ0) is 14.5. The fourth-order valence-electron chi connectivity index (χ4n) is 2.16. The van der Waals surface area contributed by atoms with E-state index in [-0.39, 0.29) is 11.7 Å². The summed E-state index contributed by atoms with van der Waals surface area (Å²) in [6, 6.07) is 17.9. The molecule has 0 N–H and O–H groups in total. The van der Waals surface area contributed by atoms with Crippen molar-refractivity contribution < 1.29 is 9.53 Å². The average Bonchev–Trinajstić information content (AvgIpc) is 3.37. The van der Waals surface area contributed by atoms with Gasteiger partial charge in [0.05, 0.1) is 0 Å². The largest absolute Gasteiger partial charge is 0.488 e. The zero-order valence-corrected chi connectivity index (χ0v) is 11.9. The van der Waals surface area contributed by atoms with Gasteiger partial charge in [-0.3, -0.25) is 4.79 Å². The van der Waals surface area contributed by atoms with E-state index in [4.69, 9.17) is 4.74 Å². The molecule has 0 aliphatic heterocycles. The van der Waals surface area contributed by atoms with Crippen molar-refractivity contribution in [3.8, 4) is 5.75 Å². The van der Waals surface area contributed by atoms with E-state index in [1.54, 1.807) is 6.08 Å². The summed E-state index contributed by atoms with van der Waals surface area (Å²) in [5, 5.41) is 0. The van der Waals surface area contributed by atoms with Crippen LogP contribution in [-0.2, 0) is 11.4 Å². The van der Waals surface area contributed by atoms with Crippen LogP contribution in [0.15, 0.2) is 60.7 Å². The van der Waals surface area contributed by atoms with Crippen LogP contribution in [0.25, 0.3) is 6.08 Å². The van der Waals surface area contributed by atoms with Gasteiger partial charge in [0.2, 0.25) is 0 Å². The van der Waals surface area contributed by atoms with Gasteiger partial charge in [0, 0.05) is 11.5 Å². The van der Waals surface area contributed by atoms with Gasteiger partial charge in [-0.15, -0.1) is 0 Å². The molecule has 0 unspecified atom stereocenters. The fraction of sp³-hybridized carbons (Fsp3) is 0.211. The van der Waals surface area contributed by atoms with Crippen LogP contribution < -0.4 is 4.74 Å². The number of para-hydroxylation sites is 1. The van der Waals surface area contributed by atoms with Crippen molar-refractivity contribution in [2.24, 2.45) is 5.92 Å². The van der Waals surface area contributed by atoms with Crippen molar-refractivity contribution in [3.63, 3.8) is 0 Å². The van der Waals surface area contributed by atoms with E-state index in [0.29, 0.717) is 6.61 Å². The maximum absolute atomic E-state index is 11.7. The number of ketones is 1. The molecule has 0 amide bonds. The van der Waals surface area contributed by atoms with E-state index in [1.165, 1.54) is 0 Å². The summed E-state index contributed by atoms with van der Waals surface area (Å²) >= 11 is 0. The van der Waals surface area contributed by atoms with Crippen LogP contribution in [0.3, 0.4) is 0 Å². The molecule has 0 atom stereocenters. The minimum Gasteiger partial charge on any atom is -0.488 e. The number of carbonyl (C=O) groups excluding carboxylic acids is 1. The van der Waals surface area contributed by atoms with Crippen LogP contribution in [0, 0.1) is 5.92 Å². The van der Waals surface area contributed by atoms with Gasteiger partial charge in [-0.2, -0.15) is 0 Å². The van der Waals surface area contributed by atoms with Crippen molar-refractivity contribution in [3.05, 3.63) is 71.8 Å². The second-order valence-corrected chi connectivity index (χ2v) is 5.32. The molecular formula is C19H18O2. The molecule has 0 radical (unpaired) electrons. The lowest BCUT2D eigenvalue weighted by molar-refractivity contribution is -0.115. The summed E-state index contributed by atoms with van der Waals surface area (Å²) in [6.07, 6.45) is 5.62. The molecular weight excluding hydrogens is 260 g/mol. The van der Waals surface area contributed by atoms with Crippen LogP contribution >= 0.6 is 0 Å². The molecule has 21 heavy (non-hydrogen) atoms. The maximum Gasteiger partial charge on any atom is 0.158 e. The number of allylic oxidation sites excluding steroid dienone is 1. The highest BCUT2D eigenvalue weighted by atomic mass is 16.5. The molecule has 106 valence electrons. The topological polar surface area (TPSA) is 26.3 Å². The molecule has 1 saturated carbocycles.